The van der Waals surface area contributed by atoms with Crippen LogP contribution in [0.2, 0.25) is 0 Å². The van der Waals surface area contributed by atoms with Crippen molar-refractivity contribution >= 4 is 17.3 Å². The largest absolute Gasteiger partial charge is 0.478 e. The molecule has 1 saturated heterocycles. The normalized spacial score (nSPS) is 19.3. The van der Waals surface area contributed by atoms with E-state index < -0.39 is 5.97 Å². The molecule has 0 atom stereocenters. The number of aromatic carboxylic acids is 1. The van der Waals surface area contributed by atoms with E-state index >= 15 is 0 Å². The summed E-state index contributed by atoms with van der Waals surface area (Å²) >= 11 is 0. The van der Waals surface area contributed by atoms with Gasteiger partial charge in [-0.15, -0.1) is 0 Å². The average Bonchev–Trinajstić information content (AvgIpc) is 2.95. The van der Waals surface area contributed by atoms with Crippen molar-refractivity contribution in [2.24, 2.45) is 0 Å². The Labute approximate surface area is 153 Å². The van der Waals surface area contributed by atoms with Crippen LogP contribution >= 0.6 is 0 Å². The van der Waals surface area contributed by atoms with E-state index in [4.69, 9.17) is 0 Å². The van der Waals surface area contributed by atoms with Crippen molar-refractivity contribution in [3.8, 4) is 0 Å². The second-order valence-corrected chi connectivity index (χ2v) is 7.29. The van der Waals surface area contributed by atoms with Gasteiger partial charge in [0, 0.05) is 25.3 Å². The number of hydrogen-bond donors (Lipinski definition) is 2. The van der Waals surface area contributed by atoms with Gasteiger partial charge in [-0.05, 0) is 38.7 Å². The summed E-state index contributed by atoms with van der Waals surface area (Å²) in [5, 5.41) is 17.1. The molecule has 0 aromatic carbocycles. The third-order valence-corrected chi connectivity index (χ3v) is 5.80. The number of carbonyl (C=O) groups is 1. The van der Waals surface area contributed by atoms with E-state index in [9.17, 15) is 9.90 Å². The molecule has 2 aromatic rings. The molecule has 4 rings (SSSR count). The molecule has 2 aromatic heterocycles. The lowest BCUT2D eigenvalue weighted by Crippen LogP contribution is -2.45. The van der Waals surface area contributed by atoms with Crippen LogP contribution < -0.4 is 5.32 Å². The maximum atomic E-state index is 11.4. The minimum Gasteiger partial charge on any atom is -0.478 e. The third kappa shape index (κ3) is 3.19. The van der Waals surface area contributed by atoms with Gasteiger partial charge in [0.2, 0.25) is 0 Å². The maximum absolute atomic E-state index is 11.4. The van der Waals surface area contributed by atoms with E-state index in [0.29, 0.717) is 11.7 Å². The van der Waals surface area contributed by atoms with Crippen LogP contribution in [0.4, 0.5) is 11.4 Å². The molecule has 0 radical (unpaired) electrons. The number of nitrogens with one attached hydrogen (secondary N) is 1. The summed E-state index contributed by atoms with van der Waals surface area (Å²) < 4.78 is 2.09. The van der Waals surface area contributed by atoms with Crippen molar-refractivity contribution in [2.75, 3.05) is 18.4 Å². The zero-order chi connectivity index (χ0) is 18.1. The van der Waals surface area contributed by atoms with E-state index in [0.717, 1.165) is 43.4 Å². The Morgan fingerprint density at radius 3 is 2.58 bits per heavy atom. The summed E-state index contributed by atoms with van der Waals surface area (Å²) in [7, 11) is 0. The molecule has 26 heavy (non-hydrogen) atoms. The van der Waals surface area contributed by atoms with Crippen LogP contribution in [0, 0.1) is 6.92 Å². The zero-order valence-corrected chi connectivity index (χ0v) is 15.1. The minimum absolute atomic E-state index is 0.209. The lowest BCUT2D eigenvalue weighted by atomic mass is 9.89. The fourth-order valence-electron chi connectivity index (χ4n) is 3.99. The number of aromatic nitrogens is 3. The van der Waals surface area contributed by atoms with Crippen molar-refractivity contribution < 1.29 is 9.90 Å². The number of piperidine rings is 1. The highest BCUT2D eigenvalue weighted by molar-refractivity contribution is 5.94. The second-order valence-electron chi connectivity index (χ2n) is 7.29. The monoisotopic (exact) mass is 355 g/mol. The summed E-state index contributed by atoms with van der Waals surface area (Å²) in [6.07, 6.45) is 11.1. The lowest BCUT2D eigenvalue weighted by Gasteiger charge is -2.41. The number of carboxylic acids is 1. The Balaban J connectivity index is 1.46. The first kappa shape index (κ1) is 17.0. The number of rotatable bonds is 5. The lowest BCUT2D eigenvalue weighted by molar-refractivity contribution is 0.0698. The van der Waals surface area contributed by atoms with Gasteiger partial charge in [-0.1, -0.05) is 6.42 Å². The first-order valence-electron chi connectivity index (χ1n) is 9.36. The van der Waals surface area contributed by atoms with Gasteiger partial charge in [-0.25, -0.2) is 4.79 Å². The molecule has 2 aliphatic rings. The summed E-state index contributed by atoms with van der Waals surface area (Å²) in [4.78, 5) is 18.0. The van der Waals surface area contributed by atoms with Crippen LogP contribution in [0.1, 0.15) is 54.2 Å². The Bertz CT molecular complexity index is 791. The van der Waals surface area contributed by atoms with Gasteiger partial charge in [0.15, 0.2) is 0 Å². The Hall–Kier alpha value is -2.41. The molecule has 7 nitrogen and oxygen atoms in total. The van der Waals surface area contributed by atoms with Crippen molar-refractivity contribution in [1.29, 1.82) is 0 Å². The molecule has 7 heteroatoms. The van der Waals surface area contributed by atoms with Gasteiger partial charge in [-0.2, -0.15) is 5.10 Å². The molecule has 1 saturated carbocycles. The first-order valence-corrected chi connectivity index (χ1v) is 9.36. The minimum atomic E-state index is -0.969. The van der Waals surface area contributed by atoms with E-state index in [1.165, 1.54) is 37.7 Å². The number of likely N-dealkylation sites (tertiary alicyclic amines) is 1. The van der Waals surface area contributed by atoms with Crippen molar-refractivity contribution in [3.63, 3.8) is 0 Å². The predicted octanol–water partition coefficient (Wildman–Crippen LogP) is 3.22. The van der Waals surface area contributed by atoms with Crippen LogP contribution in [0.3, 0.4) is 0 Å². The number of anilines is 2. The van der Waals surface area contributed by atoms with Crippen molar-refractivity contribution in [3.05, 3.63) is 35.9 Å². The van der Waals surface area contributed by atoms with E-state index in [1.807, 2.05) is 6.92 Å². The van der Waals surface area contributed by atoms with Gasteiger partial charge in [0.25, 0.3) is 0 Å². The molecular weight excluding hydrogens is 330 g/mol. The standard InChI is InChI=1S/C19H25N5O2/c1-13-17(22-18-11-20-8-5-16(18)19(25)26)12-21-24(13)15-6-9-23(10-7-15)14-3-2-4-14/h5,8,11-12,14-15,22H,2-4,6-7,9-10H2,1H3,(H,25,26). The molecule has 2 N–H and O–H groups in total. The fourth-order valence-corrected chi connectivity index (χ4v) is 3.99. The molecule has 1 aliphatic carbocycles. The maximum Gasteiger partial charge on any atom is 0.337 e. The second kappa shape index (κ2) is 7.07. The fraction of sp³-hybridized carbons (Fsp3) is 0.526. The molecule has 0 spiro atoms. The van der Waals surface area contributed by atoms with E-state index in [1.54, 1.807) is 6.20 Å². The van der Waals surface area contributed by atoms with Crippen LogP contribution in [0.15, 0.2) is 24.7 Å². The van der Waals surface area contributed by atoms with Crippen molar-refractivity contribution in [1.82, 2.24) is 19.7 Å². The zero-order valence-electron chi connectivity index (χ0n) is 15.1. The van der Waals surface area contributed by atoms with E-state index in [2.05, 4.69) is 25.0 Å². The highest BCUT2D eigenvalue weighted by Gasteiger charge is 2.30. The van der Waals surface area contributed by atoms with Crippen molar-refractivity contribution in [2.45, 2.75) is 51.1 Å². The Kier molecular flexibility index (Phi) is 4.63. The quantitative estimate of drug-likeness (QED) is 0.857. The molecular formula is C19H25N5O2. The van der Waals surface area contributed by atoms with Gasteiger partial charge in [-0.3, -0.25) is 9.67 Å². The molecule has 138 valence electrons. The van der Waals surface area contributed by atoms with Gasteiger partial charge >= 0.3 is 5.97 Å². The molecule has 3 heterocycles. The van der Waals surface area contributed by atoms with Crippen LogP contribution in [0.25, 0.3) is 0 Å². The summed E-state index contributed by atoms with van der Waals surface area (Å²) in [6, 6.07) is 2.72. The average molecular weight is 355 g/mol. The highest BCUT2D eigenvalue weighted by atomic mass is 16.4. The number of nitrogens with zero attached hydrogens (tertiary/aromatic N) is 4. The molecule has 0 bridgehead atoms. The van der Waals surface area contributed by atoms with Crippen LogP contribution in [-0.4, -0.2) is 49.9 Å². The topological polar surface area (TPSA) is 83.3 Å². The highest BCUT2D eigenvalue weighted by Crippen LogP contribution is 2.32. The molecule has 0 amide bonds. The number of carboxylic acid groups (broad SMARTS) is 1. The van der Waals surface area contributed by atoms with E-state index in [-0.39, 0.29) is 5.56 Å². The molecule has 0 unspecified atom stereocenters. The number of hydrogen-bond acceptors (Lipinski definition) is 5. The Morgan fingerprint density at radius 1 is 1.15 bits per heavy atom. The SMILES string of the molecule is Cc1c(Nc2cnccc2C(=O)O)cnn1C1CCN(C2CCC2)CC1. The number of pyridine rings is 1. The molecule has 2 fully saturated rings. The van der Waals surface area contributed by atoms with Crippen LogP contribution in [0.5, 0.6) is 0 Å². The summed E-state index contributed by atoms with van der Waals surface area (Å²) in [5.74, 6) is -0.969. The smallest absolute Gasteiger partial charge is 0.337 e. The predicted molar refractivity (Wildman–Crippen MR) is 98.9 cm³/mol. The third-order valence-electron chi connectivity index (χ3n) is 5.80. The van der Waals surface area contributed by atoms with Gasteiger partial charge in [0.05, 0.1) is 41.1 Å². The van der Waals surface area contributed by atoms with Gasteiger partial charge < -0.3 is 15.3 Å². The summed E-state index contributed by atoms with van der Waals surface area (Å²) in [5.41, 5.74) is 2.57. The van der Waals surface area contributed by atoms with Gasteiger partial charge in [0.1, 0.15) is 0 Å². The first-order chi connectivity index (χ1) is 12.6. The summed E-state index contributed by atoms with van der Waals surface area (Å²) in [6.45, 7) is 4.32. The van der Waals surface area contributed by atoms with Crippen LogP contribution in [-0.2, 0) is 0 Å². The molecule has 1 aliphatic heterocycles. The Morgan fingerprint density at radius 2 is 1.92 bits per heavy atom.